The van der Waals surface area contributed by atoms with Crippen molar-refractivity contribution in [3.8, 4) is 56.8 Å². The summed E-state index contributed by atoms with van der Waals surface area (Å²) in [5.74, 6) is 3.31. The van der Waals surface area contributed by atoms with Gasteiger partial charge in [0.05, 0.1) is 22.4 Å². The summed E-state index contributed by atoms with van der Waals surface area (Å²) in [5, 5.41) is 0. The van der Waals surface area contributed by atoms with Gasteiger partial charge in [-0.25, -0.2) is 15.0 Å². The summed E-state index contributed by atoms with van der Waals surface area (Å²) in [6.07, 6.45) is 0. The normalized spacial score (nSPS) is 14.5. The van der Waals surface area contributed by atoms with Gasteiger partial charge in [0.1, 0.15) is 11.5 Å². The second-order valence-electron chi connectivity index (χ2n) is 16.3. The second-order valence-corrected chi connectivity index (χ2v) is 16.3. The minimum absolute atomic E-state index is 0.134. The summed E-state index contributed by atoms with van der Waals surface area (Å²) in [6.45, 7) is 4.62. The third-order valence-corrected chi connectivity index (χ3v) is 12.8. The van der Waals surface area contributed by atoms with Crippen molar-refractivity contribution in [2.24, 2.45) is 0 Å². The van der Waals surface area contributed by atoms with E-state index < -0.39 is 5.41 Å². The zero-order valence-electron chi connectivity index (χ0n) is 33.2. The molecule has 0 saturated carbocycles. The zero-order chi connectivity index (χ0) is 40.0. The number of anilines is 3. The lowest BCUT2D eigenvalue weighted by atomic mass is 9.66. The smallest absolute Gasteiger partial charge is 0.167 e. The summed E-state index contributed by atoms with van der Waals surface area (Å²) in [4.78, 5) is 18.0. The van der Waals surface area contributed by atoms with E-state index in [0.29, 0.717) is 17.5 Å². The predicted molar refractivity (Wildman–Crippen MR) is 240 cm³/mol. The summed E-state index contributed by atoms with van der Waals surface area (Å²) >= 11 is 0. The number of fused-ring (bicyclic) bond motifs is 11. The Bertz CT molecular complexity index is 3080. The fraction of sp³-hybridized carbons (Fsp3) is 0.0727. The number of aromatic nitrogens is 3. The highest BCUT2D eigenvalue weighted by molar-refractivity contribution is 5.90. The number of para-hydroxylation sites is 4. The van der Waals surface area contributed by atoms with Crippen LogP contribution in [0.2, 0.25) is 0 Å². The van der Waals surface area contributed by atoms with Gasteiger partial charge in [0, 0.05) is 33.4 Å². The molecule has 284 valence electrons. The van der Waals surface area contributed by atoms with Crippen LogP contribution in [0, 0.1) is 0 Å². The van der Waals surface area contributed by atoms with Gasteiger partial charge in [-0.3, -0.25) is 0 Å². The first-order chi connectivity index (χ1) is 29.5. The molecule has 3 heterocycles. The minimum atomic E-state index is -0.595. The van der Waals surface area contributed by atoms with Crippen LogP contribution in [-0.4, -0.2) is 15.0 Å². The van der Waals surface area contributed by atoms with E-state index in [4.69, 9.17) is 19.7 Å². The lowest BCUT2D eigenvalue weighted by Gasteiger charge is -2.42. The van der Waals surface area contributed by atoms with Crippen molar-refractivity contribution in [2.45, 2.75) is 24.7 Å². The molecule has 8 aromatic carbocycles. The number of benzene rings is 8. The van der Waals surface area contributed by atoms with Crippen molar-refractivity contribution < 1.29 is 4.74 Å². The Morgan fingerprint density at radius 1 is 0.383 bits per heavy atom. The van der Waals surface area contributed by atoms with Crippen LogP contribution in [0.1, 0.15) is 47.2 Å². The zero-order valence-corrected chi connectivity index (χ0v) is 33.2. The molecular formula is C55H38N4O. The lowest BCUT2D eigenvalue weighted by molar-refractivity contribution is 0.437. The number of ether oxygens (including phenoxy) is 1. The third-order valence-electron chi connectivity index (χ3n) is 12.8. The highest BCUT2D eigenvalue weighted by Crippen LogP contribution is 2.63. The van der Waals surface area contributed by atoms with Crippen LogP contribution < -0.4 is 9.64 Å². The largest absolute Gasteiger partial charge is 0.456 e. The van der Waals surface area contributed by atoms with Gasteiger partial charge in [-0.05, 0) is 81.9 Å². The predicted octanol–water partition coefficient (Wildman–Crippen LogP) is 13.5. The minimum Gasteiger partial charge on any atom is -0.456 e. The monoisotopic (exact) mass is 770 g/mol. The molecule has 12 rings (SSSR count). The molecular weight excluding hydrogens is 733 g/mol. The molecule has 0 fully saturated rings. The van der Waals surface area contributed by atoms with E-state index in [2.05, 4.69) is 176 Å². The lowest BCUT2D eigenvalue weighted by Crippen LogP contribution is -2.32. The Morgan fingerprint density at radius 2 is 0.850 bits per heavy atom. The van der Waals surface area contributed by atoms with Gasteiger partial charge in [-0.1, -0.05) is 159 Å². The molecule has 3 aliphatic rings. The molecule has 0 saturated heterocycles. The van der Waals surface area contributed by atoms with E-state index >= 15 is 0 Å². The summed E-state index contributed by atoms with van der Waals surface area (Å²) in [7, 11) is 0. The van der Waals surface area contributed by atoms with Gasteiger partial charge < -0.3 is 9.64 Å². The molecule has 1 aromatic heterocycles. The van der Waals surface area contributed by atoms with Crippen molar-refractivity contribution in [1.29, 1.82) is 0 Å². The van der Waals surface area contributed by atoms with E-state index in [1.54, 1.807) is 0 Å². The van der Waals surface area contributed by atoms with E-state index in [1.165, 1.54) is 44.8 Å². The molecule has 60 heavy (non-hydrogen) atoms. The van der Waals surface area contributed by atoms with Gasteiger partial charge in [0.2, 0.25) is 0 Å². The van der Waals surface area contributed by atoms with Gasteiger partial charge in [0.15, 0.2) is 17.5 Å². The molecule has 0 radical (unpaired) electrons. The Balaban J connectivity index is 1.04. The molecule has 1 aliphatic carbocycles. The Kier molecular flexibility index (Phi) is 7.42. The fourth-order valence-corrected chi connectivity index (χ4v) is 10.1. The number of hydrogen-bond donors (Lipinski definition) is 0. The molecule has 0 unspecified atom stereocenters. The van der Waals surface area contributed by atoms with Gasteiger partial charge in [-0.2, -0.15) is 0 Å². The average Bonchev–Trinajstić information content (AvgIpc) is 3.60. The number of hydrogen-bond acceptors (Lipinski definition) is 5. The molecule has 0 amide bonds. The Morgan fingerprint density at radius 3 is 1.48 bits per heavy atom. The maximum atomic E-state index is 7.02. The van der Waals surface area contributed by atoms with Crippen LogP contribution in [0.15, 0.2) is 194 Å². The molecule has 5 nitrogen and oxygen atoms in total. The van der Waals surface area contributed by atoms with Gasteiger partial charge >= 0.3 is 0 Å². The average molecular weight is 771 g/mol. The van der Waals surface area contributed by atoms with Crippen molar-refractivity contribution >= 4 is 17.1 Å². The van der Waals surface area contributed by atoms with E-state index in [-0.39, 0.29) is 5.41 Å². The molecule has 0 bridgehead atoms. The van der Waals surface area contributed by atoms with Crippen LogP contribution in [-0.2, 0) is 10.8 Å². The van der Waals surface area contributed by atoms with Gasteiger partial charge in [-0.15, -0.1) is 0 Å². The van der Waals surface area contributed by atoms with Crippen LogP contribution in [0.5, 0.6) is 11.5 Å². The molecule has 1 spiro atoms. The topological polar surface area (TPSA) is 51.1 Å². The first kappa shape index (κ1) is 34.4. The highest BCUT2D eigenvalue weighted by Gasteiger charge is 2.51. The van der Waals surface area contributed by atoms with Gasteiger partial charge in [0.25, 0.3) is 0 Å². The van der Waals surface area contributed by atoms with E-state index in [9.17, 15) is 0 Å². The van der Waals surface area contributed by atoms with Crippen molar-refractivity contribution in [1.82, 2.24) is 15.0 Å². The van der Waals surface area contributed by atoms with E-state index in [0.717, 1.165) is 45.0 Å². The summed E-state index contributed by atoms with van der Waals surface area (Å²) in [6, 6.07) is 68.7. The molecule has 5 heteroatoms. The molecule has 2 aliphatic heterocycles. The first-order valence-electron chi connectivity index (χ1n) is 20.5. The Hall–Kier alpha value is -7.63. The number of rotatable bonds is 4. The fourth-order valence-electron chi connectivity index (χ4n) is 10.1. The van der Waals surface area contributed by atoms with Crippen molar-refractivity contribution in [3.05, 3.63) is 228 Å². The van der Waals surface area contributed by atoms with Crippen LogP contribution in [0.4, 0.5) is 17.1 Å². The van der Waals surface area contributed by atoms with Crippen LogP contribution >= 0.6 is 0 Å². The summed E-state index contributed by atoms with van der Waals surface area (Å²) in [5.41, 5.74) is 15.0. The van der Waals surface area contributed by atoms with Crippen molar-refractivity contribution in [2.75, 3.05) is 4.90 Å². The van der Waals surface area contributed by atoms with Crippen LogP contribution in [0.3, 0.4) is 0 Å². The second kappa shape index (κ2) is 12.9. The third kappa shape index (κ3) is 4.83. The molecule has 0 atom stereocenters. The van der Waals surface area contributed by atoms with Crippen LogP contribution in [0.25, 0.3) is 45.3 Å². The SMILES string of the molecule is CC1(C)c2ccccc2N(c2ccc(-c3nc(-c4ccccc4)nc(-c4cccc5c4Oc4ccccc4C54c5ccccc5-c5ccccc54)n3)cc2)c2ccccc21. The summed E-state index contributed by atoms with van der Waals surface area (Å²) < 4.78 is 7.02. The maximum absolute atomic E-state index is 7.02. The quantitative estimate of drug-likeness (QED) is 0.178. The highest BCUT2D eigenvalue weighted by atomic mass is 16.5. The standard InChI is InChI=1S/C55H38N4O/c1-54(2)43-24-10-13-28-47(43)59(48-29-14-11-25-44(48)54)37-33-31-36(32-34-37)52-56-51(35-17-4-3-5-18-35)57-53(58-52)40-21-16-27-46-50(40)60-49-30-15-12-26-45(49)55(46)41-22-8-6-19-38(41)39-20-7-9-23-42(39)55/h3-34H,1-2H3. The molecule has 9 aromatic rings. The first-order valence-corrected chi connectivity index (χ1v) is 20.5. The van der Waals surface area contributed by atoms with E-state index in [1.807, 2.05) is 36.4 Å². The molecule has 0 N–H and O–H groups in total. The number of nitrogens with zero attached hydrogens (tertiary/aromatic N) is 4. The maximum Gasteiger partial charge on any atom is 0.167 e. The van der Waals surface area contributed by atoms with Crippen molar-refractivity contribution in [3.63, 3.8) is 0 Å². The Labute approximate surface area is 349 Å².